The second-order valence-electron chi connectivity index (χ2n) is 4.42. The maximum Gasteiger partial charge on any atom is 0.303 e. The highest BCUT2D eigenvalue weighted by atomic mass is 16.4. The number of aliphatic carboxylic acids is 1. The summed E-state index contributed by atoms with van der Waals surface area (Å²) in [6.45, 7) is 1.70. The van der Waals surface area contributed by atoms with Gasteiger partial charge >= 0.3 is 5.97 Å². The SMILES string of the molecule is CC(O)/C=C/C#CCCCC/C=C\CCCC(=O)O. The molecular formula is C16H24O3. The number of hydrogen-bond acceptors (Lipinski definition) is 2. The van der Waals surface area contributed by atoms with Gasteiger partial charge in [-0.25, -0.2) is 0 Å². The molecule has 0 aromatic heterocycles. The van der Waals surface area contributed by atoms with Crippen molar-refractivity contribution in [1.29, 1.82) is 0 Å². The van der Waals surface area contributed by atoms with E-state index in [0.717, 1.165) is 32.1 Å². The first-order valence-electron chi connectivity index (χ1n) is 6.83. The minimum absolute atomic E-state index is 0.250. The third-order valence-corrected chi connectivity index (χ3v) is 2.41. The van der Waals surface area contributed by atoms with Crippen LogP contribution in [0.1, 0.15) is 51.9 Å². The number of carboxylic acid groups (broad SMARTS) is 1. The van der Waals surface area contributed by atoms with E-state index in [-0.39, 0.29) is 6.42 Å². The monoisotopic (exact) mass is 264 g/mol. The zero-order valence-electron chi connectivity index (χ0n) is 11.6. The van der Waals surface area contributed by atoms with E-state index >= 15 is 0 Å². The van der Waals surface area contributed by atoms with Crippen LogP contribution in [-0.2, 0) is 4.79 Å². The summed E-state index contributed by atoms with van der Waals surface area (Å²) in [5, 5.41) is 17.4. The number of aliphatic hydroxyl groups excluding tert-OH is 1. The lowest BCUT2D eigenvalue weighted by Crippen LogP contribution is -1.92. The first kappa shape index (κ1) is 17.5. The summed E-state index contributed by atoms with van der Waals surface area (Å²) in [5.74, 6) is 5.18. The van der Waals surface area contributed by atoms with Gasteiger partial charge in [-0.05, 0) is 51.2 Å². The Morgan fingerprint density at radius 1 is 1.21 bits per heavy atom. The molecule has 0 spiro atoms. The molecule has 0 aliphatic heterocycles. The number of hydrogen-bond donors (Lipinski definition) is 2. The molecule has 3 nitrogen and oxygen atoms in total. The molecule has 0 bridgehead atoms. The van der Waals surface area contributed by atoms with Crippen LogP contribution < -0.4 is 0 Å². The first-order valence-corrected chi connectivity index (χ1v) is 6.83. The molecule has 2 N–H and O–H groups in total. The van der Waals surface area contributed by atoms with Crippen LogP contribution in [0, 0.1) is 11.8 Å². The maximum atomic E-state index is 10.3. The van der Waals surface area contributed by atoms with E-state index in [4.69, 9.17) is 10.2 Å². The fourth-order valence-corrected chi connectivity index (χ4v) is 1.40. The van der Waals surface area contributed by atoms with Gasteiger partial charge < -0.3 is 10.2 Å². The lowest BCUT2D eigenvalue weighted by molar-refractivity contribution is -0.137. The topological polar surface area (TPSA) is 57.5 Å². The Morgan fingerprint density at radius 2 is 1.89 bits per heavy atom. The van der Waals surface area contributed by atoms with Crippen molar-refractivity contribution in [3.8, 4) is 11.8 Å². The smallest absolute Gasteiger partial charge is 0.303 e. The number of unbranched alkanes of at least 4 members (excludes halogenated alkanes) is 4. The van der Waals surface area contributed by atoms with Gasteiger partial charge in [0.25, 0.3) is 0 Å². The molecular weight excluding hydrogens is 240 g/mol. The van der Waals surface area contributed by atoms with E-state index in [1.807, 2.05) is 0 Å². The summed E-state index contributed by atoms with van der Waals surface area (Å²) in [7, 11) is 0. The van der Waals surface area contributed by atoms with Crippen LogP contribution in [0.5, 0.6) is 0 Å². The number of carboxylic acids is 1. The van der Waals surface area contributed by atoms with E-state index in [9.17, 15) is 4.79 Å². The van der Waals surface area contributed by atoms with Gasteiger partial charge in [0, 0.05) is 12.8 Å². The van der Waals surface area contributed by atoms with Crippen LogP contribution in [0.25, 0.3) is 0 Å². The molecule has 0 saturated heterocycles. The molecule has 3 heteroatoms. The predicted molar refractivity (Wildman–Crippen MR) is 77.7 cm³/mol. The van der Waals surface area contributed by atoms with E-state index < -0.39 is 12.1 Å². The second kappa shape index (κ2) is 12.9. The van der Waals surface area contributed by atoms with Gasteiger partial charge in [0.2, 0.25) is 0 Å². The number of aliphatic hydroxyl groups is 1. The summed E-state index contributed by atoms with van der Waals surface area (Å²) < 4.78 is 0. The Bertz CT molecular complexity index is 343. The van der Waals surface area contributed by atoms with Gasteiger partial charge in [0.05, 0.1) is 6.10 Å². The molecule has 0 rings (SSSR count). The number of carbonyl (C=O) groups is 1. The highest BCUT2D eigenvalue weighted by Crippen LogP contribution is 2.02. The van der Waals surface area contributed by atoms with Crippen molar-refractivity contribution in [3.63, 3.8) is 0 Å². The zero-order valence-corrected chi connectivity index (χ0v) is 11.6. The largest absolute Gasteiger partial charge is 0.481 e. The molecule has 0 aromatic carbocycles. The summed E-state index contributed by atoms with van der Waals surface area (Å²) in [6.07, 6.45) is 13.0. The third-order valence-electron chi connectivity index (χ3n) is 2.41. The van der Waals surface area contributed by atoms with E-state index in [1.165, 1.54) is 0 Å². The molecule has 0 heterocycles. The molecule has 0 aliphatic carbocycles. The minimum Gasteiger partial charge on any atom is -0.481 e. The fraction of sp³-hybridized carbons (Fsp3) is 0.562. The minimum atomic E-state index is -0.725. The molecule has 0 aliphatic rings. The second-order valence-corrected chi connectivity index (χ2v) is 4.42. The number of allylic oxidation sites excluding steroid dienone is 3. The van der Waals surface area contributed by atoms with Crippen molar-refractivity contribution in [1.82, 2.24) is 0 Å². The summed E-state index contributed by atoms with van der Waals surface area (Å²) >= 11 is 0. The molecule has 19 heavy (non-hydrogen) atoms. The molecule has 1 unspecified atom stereocenters. The van der Waals surface area contributed by atoms with Crippen molar-refractivity contribution in [3.05, 3.63) is 24.3 Å². The van der Waals surface area contributed by atoms with Crippen LogP contribution in [0.3, 0.4) is 0 Å². The molecule has 1 atom stereocenters. The molecule has 0 radical (unpaired) electrons. The Balaban J connectivity index is 3.35. The highest BCUT2D eigenvalue weighted by Gasteiger charge is 1.93. The van der Waals surface area contributed by atoms with Crippen molar-refractivity contribution in [2.45, 2.75) is 58.0 Å². The van der Waals surface area contributed by atoms with Crippen LogP contribution >= 0.6 is 0 Å². The van der Waals surface area contributed by atoms with E-state index in [1.54, 1.807) is 19.1 Å². The molecule has 0 amide bonds. The normalized spacial score (nSPS) is 12.5. The highest BCUT2D eigenvalue weighted by molar-refractivity contribution is 5.66. The zero-order chi connectivity index (χ0) is 14.3. The first-order chi connectivity index (χ1) is 9.13. The van der Waals surface area contributed by atoms with Crippen LogP contribution in [-0.4, -0.2) is 22.3 Å². The predicted octanol–water partition coefficient (Wildman–Crippen LogP) is 3.30. The van der Waals surface area contributed by atoms with E-state index in [0.29, 0.717) is 6.42 Å². The lowest BCUT2D eigenvalue weighted by atomic mass is 10.1. The third kappa shape index (κ3) is 16.5. The Hall–Kier alpha value is -1.53. The standard InChI is InChI=1S/C16H24O3/c1-15(17)13-11-9-7-5-3-2-4-6-8-10-12-14-16(18)19/h6,8,11,13,15,17H,2-5,10,12,14H2,1H3,(H,18,19)/b8-6-,13-11+. The average Bonchev–Trinajstić information content (AvgIpc) is 2.34. The van der Waals surface area contributed by atoms with Gasteiger partial charge in [-0.1, -0.05) is 24.0 Å². The summed E-state index contributed by atoms with van der Waals surface area (Å²) in [5.41, 5.74) is 0. The molecule has 0 aromatic rings. The van der Waals surface area contributed by atoms with Crippen LogP contribution in [0.4, 0.5) is 0 Å². The molecule has 0 fully saturated rings. The Kier molecular flexibility index (Phi) is 11.9. The van der Waals surface area contributed by atoms with Gasteiger partial charge in [0.1, 0.15) is 0 Å². The van der Waals surface area contributed by atoms with E-state index in [2.05, 4.69) is 24.0 Å². The summed E-state index contributed by atoms with van der Waals surface area (Å²) in [4.78, 5) is 10.3. The quantitative estimate of drug-likeness (QED) is 0.381. The maximum absolute atomic E-state index is 10.3. The Labute approximate surface area is 116 Å². The van der Waals surface area contributed by atoms with Gasteiger partial charge in [-0.15, -0.1) is 0 Å². The lowest BCUT2D eigenvalue weighted by Gasteiger charge is -1.93. The van der Waals surface area contributed by atoms with Gasteiger partial charge in [0.15, 0.2) is 0 Å². The van der Waals surface area contributed by atoms with Gasteiger partial charge in [-0.2, -0.15) is 0 Å². The summed E-state index contributed by atoms with van der Waals surface area (Å²) in [6, 6.07) is 0. The average molecular weight is 264 g/mol. The van der Waals surface area contributed by atoms with Crippen molar-refractivity contribution in [2.24, 2.45) is 0 Å². The van der Waals surface area contributed by atoms with Gasteiger partial charge in [-0.3, -0.25) is 4.79 Å². The number of rotatable bonds is 9. The van der Waals surface area contributed by atoms with Crippen molar-refractivity contribution in [2.75, 3.05) is 0 Å². The van der Waals surface area contributed by atoms with Crippen LogP contribution in [0.15, 0.2) is 24.3 Å². The fourth-order valence-electron chi connectivity index (χ4n) is 1.40. The van der Waals surface area contributed by atoms with Crippen molar-refractivity contribution < 1.29 is 15.0 Å². The Morgan fingerprint density at radius 3 is 2.53 bits per heavy atom. The molecule has 106 valence electrons. The van der Waals surface area contributed by atoms with Crippen molar-refractivity contribution >= 4 is 5.97 Å². The molecule has 0 saturated carbocycles. The van der Waals surface area contributed by atoms with Crippen LogP contribution in [0.2, 0.25) is 0 Å².